The highest BCUT2D eigenvalue weighted by Gasteiger charge is 2.36. The molecule has 3 rings (SSSR count). The predicted octanol–water partition coefficient (Wildman–Crippen LogP) is 1.09. The number of hydrogen-bond acceptors (Lipinski definition) is 9. The molecule has 0 spiro atoms. The smallest absolute Gasteiger partial charge is 0.273 e. The van der Waals surface area contributed by atoms with Crippen molar-refractivity contribution in [1.82, 2.24) is 24.5 Å². The first-order valence-electron chi connectivity index (χ1n) is 8.72. The summed E-state index contributed by atoms with van der Waals surface area (Å²) in [4.78, 5) is 31.8. The molecule has 2 aromatic rings. The van der Waals surface area contributed by atoms with Crippen molar-refractivity contribution in [3.63, 3.8) is 0 Å². The number of nitrogens with zero attached hydrogens (tertiary/aromatic N) is 6. The largest absolute Gasteiger partial charge is 0.364 e. The lowest BCUT2D eigenvalue weighted by molar-refractivity contribution is -0.126. The van der Waals surface area contributed by atoms with Gasteiger partial charge in [-0.1, -0.05) is 6.58 Å². The van der Waals surface area contributed by atoms with Crippen molar-refractivity contribution in [1.29, 1.82) is 0 Å². The van der Waals surface area contributed by atoms with Crippen molar-refractivity contribution < 1.29 is 9.59 Å². The zero-order chi connectivity index (χ0) is 20.4. The molecule has 3 N–H and O–H groups in total. The second-order valence-electron chi connectivity index (χ2n) is 6.57. The topological polar surface area (TPSA) is 130 Å². The fourth-order valence-corrected chi connectivity index (χ4v) is 3.94. The van der Waals surface area contributed by atoms with Crippen LogP contribution in [0.5, 0.6) is 0 Å². The van der Waals surface area contributed by atoms with Gasteiger partial charge in [-0.3, -0.25) is 9.59 Å². The van der Waals surface area contributed by atoms with E-state index in [0.29, 0.717) is 17.5 Å². The summed E-state index contributed by atoms with van der Waals surface area (Å²) in [6, 6.07) is 1.79. The Labute approximate surface area is 166 Å². The minimum atomic E-state index is -0.727. The van der Waals surface area contributed by atoms with Crippen molar-refractivity contribution in [3.05, 3.63) is 30.1 Å². The highest BCUT2D eigenvalue weighted by molar-refractivity contribution is 7.10. The van der Waals surface area contributed by atoms with Gasteiger partial charge >= 0.3 is 0 Å². The summed E-state index contributed by atoms with van der Waals surface area (Å²) in [6.07, 6.45) is 2.08. The lowest BCUT2D eigenvalue weighted by Crippen LogP contribution is -2.44. The molecule has 10 nitrogen and oxygen atoms in total. The van der Waals surface area contributed by atoms with Crippen molar-refractivity contribution in [2.24, 2.45) is 5.73 Å². The number of nitrogens with one attached hydrogen (secondary N) is 1. The summed E-state index contributed by atoms with van der Waals surface area (Å²) in [5.41, 5.74) is 6.21. The van der Waals surface area contributed by atoms with Crippen LogP contribution in [-0.4, -0.2) is 61.9 Å². The Balaban J connectivity index is 1.87. The second-order valence-corrected chi connectivity index (χ2v) is 7.38. The molecule has 0 radical (unpaired) electrons. The number of anilines is 3. The molecule has 1 fully saturated rings. The molecule has 0 aliphatic carbocycles. The molecular formula is C17H22N8O2S. The Hall–Kier alpha value is -3.08. The van der Waals surface area contributed by atoms with E-state index >= 15 is 0 Å². The van der Waals surface area contributed by atoms with E-state index in [1.807, 2.05) is 31.9 Å². The van der Waals surface area contributed by atoms with Crippen molar-refractivity contribution in [2.45, 2.75) is 32.4 Å². The summed E-state index contributed by atoms with van der Waals surface area (Å²) in [5.74, 6) is -0.277. The minimum absolute atomic E-state index is 0.00336. The van der Waals surface area contributed by atoms with Gasteiger partial charge in [-0.05, 0) is 43.9 Å². The number of likely N-dealkylation sites (tertiary alicyclic amines) is 1. The standard InChI is InChI=1S/C17H22N8O2S/c1-5-13(26)25-7-6-11(10(25)3)24(4)17-20-16(14(15(18)27)21-22-17)19-12-8-9(2)23-28-12/h5,8,10-11H,1,6-7H2,2-4H3,(H2,18,27)(H,19,20,22)/t10-,11-/m1/s1. The predicted molar refractivity (Wildman–Crippen MR) is 107 cm³/mol. The number of amides is 2. The first-order chi connectivity index (χ1) is 13.3. The Kier molecular flexibility index (Phi) is 5.54. The minimum Gasteiger partial charge on any atom is -0.364 e. The quantitative estimate of drug-likeness (QED) is 0.687. The van der Waals surface area contributed by atoms with E-state index in [1.165, 1.54) is 17.6 Å². The van der Waals surface area contributed by atoms with Crippen LogP contribution in [0, 0.1) is 6.92 Å². The lowest BCUT2D eigenvalue weighted by Gasteiger charge is -2.30. The van der Waals surface area contributed by atoms with E-state index in [-0.39, 0.29) is 29.5 Å². The third-order valence-corrected chi connectivity index (χ3v) is 5.56. The van der Waals surface area contributed by atoms with Gasteiger partial charge in [0.1, 0.15) is 5.00 Å². The van der Waals surface area contributed by atoms with Crippen molar-refractivity contribution in [3.8, 4) is 0 Å². The Morgan fingerprint density at radius 2 is 2.21 bits per heavy atom. The first-order valence-corrected chi connectivity index (χ1v) is 9.50. The number of likely N-dealkylation sites (N-methyl/N-ethyl adjacent to an activating group) is 1. The van der Waals surface area contributed by atoms with Crippen LogP contribution >= 0.6 is 11.5 Å². The van der Waals surface area contributed by atoms with Gasteiger partial charge in [-0.25, -0.2) is 0 Å². The van der Waals surface area contributed by atoms with Crippen LogP contribution in [-0.2, 0) is 4.79 Å². The maximum Gasteiger partial charge on any atom is 0.273 e. The molecule has 2 aromatic heterocycles. The number of aromatic nitrogens is 4. The average molecular weight is 402 g/mol. The molecule has 2 amide bonds. The highest BCUT2D eigenvalue weighted by Crippen LogP contribution is 2.27. The van der Waals surface area contributed by atoms with E-state index in [0.717, 1.165) is 12.1 Å². The zero-order valence-electron chi connectivity index (χ0n) is 15.9. The molecule has 2 atom stereocenters. The van der Waals surface area contributed by atoms with E-state index < -0.39 is 5.91 Å². The van der Waals surface area contributed by atoms with Crippen LogP contribution < -0.4 is 16.0 Å². The highest BCUT2D eigenvalue weighted by atomic mass is 32.1. The second kappa shape index (κ2) is 7.89. The summed E-state index contributed by atoms with van der Waals surface area (Å²) in [6.45, 7) is 8.01. The monoisotopic (exact) mass is 402 g/mol. The summed E-state index contributed by atoms with van der Waals surface area (Å²) in [7, 11) is 1.84. The summed E-state index contributed by atoms with van der Waals surface area (Å²) < 4.78 is 4.19. The number of carbonyl (C=O) groups excluding carboxylic acids is 2. The molecule has 11 heteroatoms. The van der Waals surface area contributed by atoms with Gasteiger partial charge in [0.15, 0.2) is 11.5 Å². The van der Waals surface area contributed by atoms with Gasteiger partial charge in [0.25, 0.3) is 5.91 Å². The number of nitrogens with two attached hydrogens (primary N) is 1. The molecule has 0 unspecified atom stereocenters. The van der Waals surface area contributed by atoms with Crippen LogP contribution in [0.25, 0.3) is 0 Å². The molecule has 3 heterocycles. The van der Waals surface area contributed by atoms with Crippen LogP contribution in [0.3, 0.4) is 0 Å². The van der Waals surface area contributed by atoms with Gasteiger partial charge < -0.3 is 20.9 Å². The molecular weight excluding hydrogens is 380 g/mol. The summed E-state index contributed by atoms with van der Waals surface area (Å²) in [5, 5.41) is 11.8. The maximum atomic E-state index is 12.0. The molecule has 0 saturated carbocycles. The Bertz CT molecular complexity index is 914. The molecule has 0 aromatic carbocycles. The number of aryl methyl sites for hydroxylation is 1. The van der Waals surface area contributed by atoms with Crippen molar-refractivity contribution >= 4 is 40.1 Å². The fourth-order valence-electron chi connectivity index (χ4n) is 3.28. The first kappa shape index (κ1) is 19.7. The van der Waals surface area contributed by atoms with Crippen LogP contribution in [0.1, 0.15) is 29.5 Å². The molecule has 0 bridgehead atoms. The van der Waals surface area contributed by atoms with E-state index in [2.05, 4.69) is 31.5 Å². The third-order valence-electron chi connectivity index (χ3n) is 4.76. The third kappa shape index (κ3) is 3.79. The van der Waals surface area contributed by atoms with Crippen molar-refractivity contribution in [2.75, 3.05) is 23.8 Å². The number of primary amides is 1. The fraction of sp³-hybridized carbons (Fsp3) is 0.412. The zero-order valence-corrected chi connectivity index (χ0v) is 16.7. The Morgan fingerprint density at radius 1 is 1.46 bits per heavy atom. The summed E-state index contributed by atoms with van der Waals surface area (Å²) >= 11 is 1.24. The number of hydrogen-bond donors (Lipinski definition) is 2. The molecule has 148 valence electrons. The van der Waals surface area contributed by atoms with Crippen LogP contribution in [0.15, 0.2) is 18.7 Å². The van der Waals surface area contributed by atoms with E-state index in [1.54, 1.807) is 4.90 Å². The normalized spacial score (nSPS) is 18.8. The maximum absolute atomic E-state index is 12.0. The molecule has 1 aliphatic heterocycles. The number of carbonyl (C=O) groups is 2. The Morgan fingerprint density at radius 3 is 2.82 bits per heavy atom. The average Bonchev–Trinajstić information content (AvgIpc) is 3.25. The lowest BCUT2D eigenvalue weighted by atomic mass is 10.1. The van der Waals surface area contributed by atoms with Crippen LogP contribution in [0.4, 0.5) is 16.8 Å². The molecule has 1 aliphatic rings. The van der Waals surface area contributed by atoms with Gasteiger partial charge in [0.05, 0.1) is 11.7 Å². The molecule has 1 saturated heterocycles. The van der Waals surface area contributed by atoms with Gasteiger partial charge in [0, 0.05) is 19.6 Å². The van der Waals surface area contributed by atoms with E-state index in [9.17, 15) is 9.59 Å². The van der Waals surface area contributed by atoms with E-state index in [4.69, 9.17) is 5.73 Å². The van der Waals surface area contributed by atoms with Crippen LogP contribution in [0.2, 0.25) is 0 Å². The van der Waals surface area contributed by atoms with Gasteiger partial charge in [-0.15, -0.1) is 10.2 Å². The number of rotatable bonds is 6. The molecule has 28 heavy (non-hydrogen) atoms. The van der Waals surface area contributed by atoms with Gasteiger partial charge in [-0.2, -0.15) is 9.36 Å². The SMILES string of the molecule is C=CC(=O)N1CC[C@@H](N(C)c2nnc(C(N)=O)c(Nc3cc(C)ns3)n2)[C@H]1C. The van der Waals surface area contributed by atoms with Gasteiger partial charge in [0.2, 0.25) is 11.9 Å².